The van der Waals surface area contributed by atoms with Crippen molar-refractivity contribution in [2.24, 2.45) is 11.7 Å². The van der Waals surface area contributed by atoms with Crippen molar-refractivity contribution in [2.75, 3.05) is 13.1 Å². The van der Waals surface area contributed by atoms with Gasteiger partial charge in [0, 0.05) is 24.7 Å². The summed E-state index contributed by atoms with van der Waals surface area (Å²) >= 11 is 0. The summed E-state index contributed by atoms with van der Waals surface area (Å²) in [5.41, 5.74) is 6.60. The van der Waals surface area contributed by atoms with Crippen LogP contribution in [-0.4, -0.2) is 29.6 Å². The minimum atomic E-state index is 0.208. The second-order valence-corrected chi connectivity index (χ2v) is 5.63. The number of nitrogens with zero attached hydrogens (tertiary/aromatic N) is 1. The van der Waals surface area contributed by atoms with Crippen LogP contribution in [0.3, 0.4) is 0 Å². The first-order valence-corrected chi connectivity index (χ1v) is 6.72. The lowest BCUT2D eigenvalue weighted by Gasteiger charge is -2.40. The monoisotopic (exact) mass is 210 g/mol. The Labute approximate surface area is 94.2 Å². The first-order chi connectivity index (χ1) is 7.19. The van der Waals surface area contributed by atoms with E-state index in [9.17, 15) is 0 Å². The molecule has 2 heteroatoms. The molecule has 1 aliphatic carbocycles. The molecule has 1 heterocycles. The molecule has 2 rings (SSSR count). The average molecular weight is 210 g/mol. The van der Waals surface area contributed by atoms with Crippen molar-refractivity contribution < 1.29 is 0 Å². The first-order valence-electron chi connectivity index (χ1n) is 6.72. The van der Waals surface area contributed by atoms with E-state index < -0.39 is 0 Å². The molecular formula is C13H26N2. The molecule has 0 radical (unpaired) electrons. The van der Waals surface area contributed by atoms with Gasteiger partial charge in [0.2, 0.25) is 0 Å². The molecule has 0 aromatic carbocycles. The van der Waals surface area contributed by atoms with Gasteiger partial charge in [0.15, 0.2) is 0 Å². The fourth-order valence-corrected chi connectivity index (χ4v) is 3.38. The normalized spacial score (nSPS) is 35.6. The highest BCUT2D eigenvalue weighted by molar-refractivity contribution is 5.09. The van der Waals surface area contributed by atoms with Crippen LogP contribution in [0.25, 0.3) is 0 Å². The number of nitrogens with two attached hydrogens (primary N) is 1. The van der Waals surface area contributed by atoms with E-state index in [1.54, 1.807) is 0 Å². The Morgan fingerprint density at radius 2 is 2.00 bits per heavy atom. The van der Waals surface area contributed by atoms with Gasteiger partial charge in [0.25, 0.3) is 0 Å². The lowest BCUT2D eigenvalue weighted by atomic mass is 9.70. The minimum absolute atomic E-state index is 0.208. The lowest BCUT2D eigenvalue weighted by Crippen LogP contribution is -2.54. The highest BCUT2D eigenvalue weighted by atomic mass is 15.2. The summed E-state index contributed by atoms with van der Waals surface area (Å²) < 4.78 is 0. The summed E-state index contributed by atoms with van der Waals surface area (Å²) in [5.74, 6) is 0.814. The van der Waals surface area contributed by atoms with Crippen LogP contribution in [0.1, 0.15) is 52.4 Å². The van der Waals surface area contributed by atoms with E-state index in [1.807, 2.05) is 0 Å². The highest BCUT2D eigenvalue weighted by Gasteiger charge is 2.50. The molecule has 0 bridgehead atoms. The molecule has 2 nitrogen and oxygen atoms in total. The predicted octanol–water partition coefficient (Wildman–Crippen LogP) is 2.38. The fourth-order valence-electron chi connectivity index (χ4n) is 3.38. The molecule has 0 aromatic heterocycles. The molecule has 0 spiro atoms. The third kappa shape index (κ3) is 2.07. The zero-order valence-electron chi connectivity index (χ0n) is 10.3. The van der Waals surface area contributed by atoms with Crippen molar-refractivity contribution >= 4 is 0 Å². The van der Waals surface area contributed by atoms with E-state index >= 15 is 0 Å². The van der Waals surface area contributed by atoms with Crippen molar-refractivity contribution in [1.29, 1.82) is 0 Å². The Kier molecular flexibility index (Phi) is 3.36. The quantitative estimate of drug-likeness (QED) is 0.755. The van der Waals surface area contributed by atoms with Crippen LogP contribution in [0.4, 0.5) is 0 Å². The SMILES string of the molecule is CCCC(CCC)N1C[C@@H]2CC[C@]2(N)C1. The van der Waals surface area contributed by atoms with Crippen molar-refractivity contribution in [2.45, 2.75) is 64.0 Å². The molecule has 15 heavy (non-hydrogen) atoms. The molecule has 1 aliphatic heterocycles. The largest absolute Gasteiger partial charge is 0.324 e. The van der Waals surface area contributed by atoms with Crippen LogP contribution in [-0.2, 0) is 0 Å². The first kappa shape index (κ1) is 11.4. The van der Waals surface area contributed by atoms with Gasteiger partial charge in [-0.05, 0) is 31.6 Å². The molecule has 2 aliphatic rings. The molecule has 2 atom stereocenters. The van der Waals surface area contributed by atoms with Gasteiger partial charge in [-0.2, -0.15) is 0 Å². The Morgan fingerprint density at radius 1 is 1.33 bits per heavy atom. The van der Waals surface area contributed by atoms with Crippen molar-refractivity contribution in [3.63, 3.8) is 0 Å². The van der Waals surface area contributed by atoms with E-state index in [2.05, 4.69) is 18.7 Å². The summed E-state index contributed by atoms with van der Waals surface area (Å²) in [6.07, 6.45) is 7.97. The van der Waals surface area contributed by atoms with E-state index in [1.165, 1.54) is 51.6 Å². The zero-order valence-corrected chi connectivity index (χ0v) is 10.3. The van der Waals surface area contributed by atoms with Gasteiger partial charge < -0.3 is 5.73 Å². The van der Waals surface area contributed by atoms with Gasteiger partial charge in [0.05, 0.1) is 0 Å². The van der Waals surface area contributed by atoms with E-state index in [0.717, 1.165) is 12.0 Å². The van der Waals surface area contributed by atoms with E-state index in [0.29, 0.717) is 0 Å². The van der Waals surface area contributed by atoms with Gasteiger partial charge in [-0.3, -0.25) is 4.90 Å². The maximum absolute atomic E-state index is 6.39. The fraction of sp³-hybridized carbons (Fsp3) is 1.00. The van der Waals surface area contributed by atoms with Crippen LogP contribution in [0, 0.1) is 5.92 Å². The molecule has 0 amide bonds. The molecule has 1 saturated heterocycles. The Hall–Kier alpha value is -0.0800. The van der Waals surface area contributed by atoms with Crippen LogP contribution < -0.4 is 5.73 Å². The number of fused-ring (bicyclic) bond motifs is 1. The number of likely N-dealkylation sites (tertiary alicyclic amines) is 1. The van der Waals surface area contributed by atoms with Gasteiger partial charge in [-0.25, -0.2) is 0 Å². The zero-order chi connectivity index (χ0) is 10.9. The van der Waals surface area contributed by atoms with Crippen LogP contribution in [0.15, 0.2) is 0 Å². The second kappa shape index (κ2) is 4.42. The summed E-state index contributed by atoms with van der Waals surface area (Å²) in [5, 5.41) is 0. The molecule has 2 N–H and O–H groups in total. The molecule has 2 fully saturated rings. The van der Waals surface area contributed by atoms with Crippen molar-refractivity contribution in [3.05, 3.63) is 0 Å². The summed E-state index contributed by atoms with van der Waals surface area (Å²) in [7, 11) is 0. The maximum atomic E-state index is 6.39. The number of hydrogen-bond donors (Lipinski definition) is 1. The minimum Gasteiger partial charge on any atom is -0.324 e. The van der Waals surface area contributed by atoms with Gasteiger partial charge >= 0.3 is 0 Å². The predicted molar refractivity (Wildman–Crippen MR) is 64.8 cm³/mol. The van der Waals surface area contributed by atoms with Gasteiger partial charge in [-0.1, -0.05) is 26.7 Å². The summed E-state index contributed by atoms with van der Waals surface area (Å²) in [4.78, 5) is 2.69. The maximum Gasteiger partial charge on any atom is 0.0324 e. The molecule has 88 valence electrons. The molecule has 0 unspecified atom stereocenters. The number of rotatable bonds is 5. The molecular weight excluding hydrogens is 184 g/mol. The van der Waals surface area contributed by atoms with Crippen LogP contribution in [0.5, 0.6) is 0 Å². The topological polar surface area (TPSA) is 29.3 Å². The summed E-state index contributed by atoms with van der Waals surface area (Å²) in [6.45, 7) is 7.04. The van der Waals surface area contributed by atoms with Crippen LogP contribution >= 0.6 is 0 Å². The average Bonchev–Trinajstić information content (AvgIpc) is 2.42. The second-order valence-electron chi connectivity index (χ2n) is 5.63. The van der Waals surface area contributed by atoms with Gasteiger partial charge in [-0.15, -0.1) is 0 Å². The molecule has 1 saturated carbocycles. The Balaban J connectivity index is 1.91. The Bertz CT molecular complexity index is 211. The Morgan fingerprint density at radius 3 is 2.33 bits per heavy atom. The van der Waals surface area contributed by atoms with Crippen LogP contribution in [0.2, 0.25) is 0 Å². The van der Waals surface area contributed by atoms with Gasteiger partial charge in [0.1, 0.15) is 0 Å². The lowest BCUT2D eigenvalue weighted by molar-refractivity contribution is 0.185. The van der Waals surface area contributed by atoms with E-state index in [4.69, 9.17) is 5.73 Å². The molecule has 0 aromatic rings. The van der Waals surface area contributed by atoms with E-state index in [-0.39, 0.29) is 5.54 Å². The third-order valence-corrected chi connectivity index (χ3v) is 4.48. The smallest absolute Gasteiger partial charge is 0.0324 e. The standard InChI is InChI=1S/C13H26N2/c1-3-5-12(6-4-2)15-9-11-7-8-13(11,14)10-15/h11-12H,3-10,14H2,1-2H3/t11-,13-/m0/s1. The third-order valence-electron chi connectivity index (χ3n) is 4.48. The number of hydrogen-bond acceptors (Lipinski definition) is 2. The van der Waals surface area contributed by atoms with Crippen molar-refractivity contribution in [1.82, 2.24) is 4.90 Å². The highest BCUT2D eigenvalue weighted by Crippen LogP contribution is 2.43. The van der Waals surface area contributed by atoms with Crippen molar-refractivity contribution in [3.8, 4) is 0 Å². The summed E-state index contributed by atoms with van der Waals surface area (Å²) in [6, 6.07) is 0.811.